The lowest BCUT2D eigenvalue weighted by molar-refractivity contribution is -0.120. The summed E-state index contributed by atoms with van der Waals surface area (Å²) in [5.41, 5.74) is 0.890. The van der Waals surface area contributed by atoms with Crippen molar-refractivity contribution in [1.82, 2.24) is 5.32 Å². The van der Waals surface area contributed by atoms with Gasteiger partial charge in [0.05, 0.1) is 6.42 Å². The minimum atomic E-state index is -0.0532. The molecule has 1 unspecified atom stereocenters. The third kappa shape index (κ3) is 4.64. The largest absolute Gasteiger partial charge is 0.396 e. The van der Waals surface area contributed by atoms with Crippen LogP contribution in [-0.4, -0.2) is 24.2 Å². The van der Waals surface area contributed by atoms with Crippen LogP contribution in [0.2, 0.25) is 5.02 Å². The average Bonchev–Trinajstić information content (AvgIpc) is 2.26. The number of rotatable bonds is 5. The van der Waals surface area contributed by atoms with E-state index in [-0.39, 0.29) is 18.4 Å². The Morgan fingerprint density at radius 2 is 2.31 bits per heavy atom. The number of aliphatic hydroxyl groups is 1. The van der Waals surface area contributed by atoms with E-state index < -0.39 is 0 Å². The molecule has 0 aliphatic heterocycles. The van der Waals surface area contributed by atoms with Gasteiger partial charge in [-0.3, -0.25) is 4.79 Å². The number of hydrogen-bond donors (Lipinski definition) is 2. The molecule has 0 spiro atoms. The summed E-state index contributed by atoms with van der Waals surface area (Å²) in [6.45, 7) is 2.45. The molecule has 1 atom stereocenters. The second-order valence-corrected chi connectivity index (χ2v) is 4.33. The van der Waals surface area contributed by atoms with E-state index in [1.54, 1.807) is 12.1 Å². The van der Waals surface area contributed by atoms with Gasteiger partial charge in [-0.15, -0.1) is 0 Å². The van der Waals surface area contributed by atoms with Gasteiger partial charge >= 0.3 is 0 Å². The summed E-state index contributed by atoms with van der Waals surface area (Å²) >= 11 is 5.81. The molecule has 1 aromatic rings. The summed E-state index contributed by atoms with van der Waals surface area (Å²) in [5, 5.41) is 12.2. The first-order valence-electron chi connectivity index (χ1n) is 5.24. The predicted molar refractivity (Wildman–Crippen MR) is 64.4 cm³/mol. The van der Waals surface area contributed by atoms with Crippen LogP contribution in [0.3, 0.4) is 0 Å². The maximum atomic E-state index is 11.5. The Labute approximate surface area is 100 Å². The van der Waals surface area contributed by atoms with Crippen LogP contribution in [0.15, 0.2) is 24.3 Å². The molecule has 1 amide bonds. The van der Waals surface area contributed by atoms with Crippen molar-refractivity contribution < 1.29 is 9.90 Å². The van der Waals surface area contributed by atoms with Crippen LogP contribution in [0.1, 0.15) is 12.5 Å². The Hall–Kier alpha value is -1.06. The summed E-state index contributed by atoms with van der Waals surface area (Å²) in [6.07, 6.45) is 0.318. The second kappa shape index (κ2) is 6.51. The van der Waals surface area contributed by atoms with Crippen LogP contribution in [0.5, 0.6) is 0 Å². The van der Waals surface area contributed by atoms with Crippen LogP contribution in [-0.2, 0) is 11.2 Å². The number of aliphatic hydroxyl groups excluding tert-OH is 1. The number of hydrogen-bond acceptors (Lipinski definition) is 2. The molecule has 3 nitrogen and oxygen atoms in total. The molecule has 2 N–H and O–H groups in total. The molecule has 0 saturated heterocycles. The van der Waals surface area contributed by atoms with Gasteiger partial charge in [-0.05, 0) is 23.6 Å². The van der Waals surface area contributed by atoms with Crippen molar-refractivity contribution in [2.75, 3.05) is 13.2 Å². The van der Waals surface area contributed by atoms with Gasteiger partial charge in [-0.25, -0.2) is 0 Å². The van der Waals surface area contributed by atoms with Crippen LogP contribution in [0, 0.1) is 5.92 Å². The minimum absolute atomic E-state index is 0.0532. The minimum Gasteiger partial charge on any atom is -0.396 e. The molecular formula is C12H16ClNO2. The summed E-state index contributed by atoms with van der Waals surface area (Å²) in [6, 6.07) is 7.23. The number of benzene rings is 1. The van der Waals surface area contributed by atoms with E-state index in [1.165, 1.54) is 0 Å². The highest BCUT2D eigenvalue weighted by molar-refractivity contribution is 6.30. The average molecular weight is 242 g/mol. The Balaban J connectivity index is 2.40. The first-order valence-corrected chi connectivity index (χ1v) is 5.61. The second-order valence-electron chi connectivity index (χ2n) is 3.90. The number of amides is 1. The third-order valence-electron chi connectivity index (χ3n) is 2.21. The molecule has 4 heteroatoms. The monoisotopic (exact) mass is 241 g/mol. The summed E-state index contributed by atoms with van der Waals surface area (Å²) < 4.78 is 0. The molecule has 88 valence electrons. The van der Waals surface area contributed by atoms with E-state index >= 15 is 0 Å². The first-order chi connectivity index (χ1) is 7.61. The SMILES string of the molecule is CC(CO)CNC(=O)Cc1cccc(Cl)c1. The molecule has 0 heterocycles. The molecule has 0 aliphatic rings. The normalized spacial score (nSPS) is 12.2. The van der Waals surface area contributed by atoms with Crippen molar-refractivity contribution >= 4 is 17.5 Å². The Morgan fingerprint density at radius 3 is 2.94 bits per heavy atom. The van der Waals surface area contributed by atoms with E-state index in [2.05, 4.69) is 5.32 Å². The zero-order valence-electron chi connectivity index (χ0n) is 9.24. The standard InChI is InChI=1S/C12H16ClNO2/c1-9(8-15)7-14-12(16)6-10-3-2-4-11(13)5-10/h2-5,9,15H,6-8H2,1H3,(H,14,16). The van der Waals surface area contributed by atoms with Gasteiger partial charge in [0, 0.05) is 18.2 Å². The molecule has 1 aromatic carbocycles. The highest BCUT2D eigenvalue weighted by Crippen LogP contribution is 2.10. The summed E-state index contributed by atoms with van der Waals surface area (Å²) in [5.74, 6) is 0.0332. The maximum Gasteiger partial charge on any atom is 0.224 e. The van der Waals surface area contributed by atoms with Gasteiger partial charge in [0.15, 0.2) is 0 Å². The quantitative estimate of drug-likeness (QED) is 0.823. The van der Waals surface area contributed by atoms with Crippen molar-refractivity contribution in [2.45, 2.75) is 13.3 Å². The van der Waals surface area contributed by atoms with Gasteiger partial charge in [0.1, 0.15) is 0 Å². The fraction of sp³-hybridized carbons (Fsp3) is 0.417. The molecular weight excluding hydrogens is 226 g/mol. The Kier molecular flexibility index (Phi) is 5.29. The molecule has 0 radical (unpaired) electrons. The third-order valence-corrected chi connectivity index (χ3v) is 2.45. The van der Waals surface area contributed by atoms with Crippen molar-refractivity contribution in [2.24, 2.45) is 5.92 Å². The fourth-order valence-electron chi connectivity index (χ4n) is 1.25. The first kappa shape index (κ1) is 13.0. The van der Waals surface area contributed by atoms with Gasteiger partial charge in [0.2, 0.25) is 5.91 Å². The zero-order chi connectivity index (χ0) is 12.0. The molecule has 0 aromatic heterocycles. The number of carbonyl (C=O) groups is 1. The molecule has 0 bridgehead atoms. The summed E-state index contributed by atoms with van der Waals surface area (Å²) in [7, 11) is 0. The van der Waals surface area contributed by atoms with Crippen LogP contribution >= 0.6 is 11.6 Å². The molecule has 16 heavy (non-hydrogen) atoms. The van der Waals surface area contributed by atoms with E-state index in [0.717, 1.165) is 5.56 Å². The van der Waals surface area contributed by atoms with E-state index in [4.69, 9.17) is 16.7 Å². The van der Waals surface area contributed by atoms with Gasteiger partial charge < -0.3 is 10.4 Å². The maximum absolute atomic E-state index is 11.5. The summed E-state index contributed by atoms with van der Waals surface area (Å²) in [4.78, 5) is 11.5. The molecule has 0 fully saturated rings. The zero-order valence-corrected chi connectivity index (χ0v) is 10.00. The molecule has 0 saturated carbocycles. The predicted octanol–water partition coefficient (Wildman–Crippen LogP) is 1.63. The van der Waals surface area contributed by atoms with Crippen LogP contribution in [0.4, 0.5) is 0 Å². The lowest BCUT2D eigenvalue weighted by Gasteiger charge is -2.09. The van der Waals surface area contributed by atoms with Gasteiger partial charge in [-0.1, -0.05) is 30.7 Å². The number of nitrogens with one attached hydrogen (secondary N) is 1. The van der Waals surface area contributed by atoms with E-state index in [0.29, 0.717) is 18.0 Å². The van der Waals surface area contributed by atoms with Crippen molar-refractivity contribution in [3.05, 3.63) is 34.9 Å². The smallest absolute Gasteiger partial charge is 0.224 e. The highest BCUT2D eigenvalue weighted by Gasteiger charge is 2.05. The van der Waals surface area contributed by atoms with Crippen molar-refractivity contribution in [3.63, 3.8) is 0 Å². The van der Waals surface area contributed by atoms with Crippen molar-refractivity contribution in [1.29, 1.82) is 0 Å². The van der Waals surface area contributed by atoms with Crippen molar-refractivity contribution in [3.8, 4) is 0 Å². The molecule has 0 aliphatic carbocycles. The fourth-order valence-corrected chi connectivity index (χ4v) is 1.46. The Morgan fingerprint density at radius 1 is 1.56 bits per heavy atom. The van der Waals surface area contributed by atoms with Gasteiger partial charge in [0.25, 0.3) is 0 Å². The van der Waals surface area contributed by atoms with Crippen LogP contribution in [0.25, 0.3) is 0 Å². The Bertz CT molecular complexity index is 355. The number of halogens is 1. The van der Waals surface area contributed by atoms with Crippen LogP contribution < -0.4 is 5.32 Å². The lowest BCUT2D eigenvalue weighted by atomic mass is 10.1. The van der Waals surface area contributed by atoms with E-state index in [9.17, 15) is 4.79 Å². The number of carbonyl (C=O) groups excluding carboxylic acids is 1. The van der Waals surface area contributed by atoms with E-state index in [1.807, 2.05) is 19.1 Å². The molecule has 1 rings (SSSR count). The van der Waals surface area contributed by atoms with Gasteiger partial charge in [-0.2, -0.15) is 0 Å². The lowest BCUT2D eigenvalue weighted by Crippen LogP contribution is -2.30. The topological polar surface area (TPSA) is 49.3 Å². The highest BCUT2D eigenvalue weighted by atomic mass is 35.5.